The van der Waals surface area contributed by atoms with Gasteiger partial charge in [0.2, 0.25) is 0 Å². The molecule has 0 aliphatic carbocycles. The number of aryl methyl sites for hydroxylation is 1. The lowest BCUT2D eigenvalue weighted by Gasteiger charge is -2.04. The van der Waals surface area contributed by atoms with Gasteiger partial charge in [-0.15, -0.1) is 11.3 Å². The molecule has 0 aliphatic heterocycles. The molecule has 0 unspecified atom stereocenters. The van der Waals surface area contributed by atoms with E-state index in [0.29, 0.717) is 0 Å². The van der Waals surface area contributed by atoms with Gasteiger partial charge in [0, 0.05) is 34.6 Å². The summed E-state index contributed by atoms with van der Waals surface area (Å²) in [4.78, 5) is 17.0. The van der Waals surface area contributed by atoms with Crippen molar-refractivity contribution in [1.29, 1.82) is 0 Å². The highest BCUT2D eigenvalue weighted by Crippen LogP contribution is 2.19. The number of imidazole rings is 1. The summed E-state index contributed by atoms with van der Waals surface area (Å²) in [5.74, 6) is 0.174. The van der Waals surface area contributed by atoms with E-state index in [4.69, 9.17) is 5.11 Å². The lowest BCUT2D eigenvalue weighted by atomic mass is 10.3. The van der Waals surface area contributed by atoms with Crippen LogP contribution in [0.2, 0.25) is 0 Å². The monoisotopic (exact) mass is 276 g/mol. The molecular weight excluding hydrogens is 260 g/mol. The van der Waals surface area contributed by atoms with Gasteiger partial charge in [0.15, 0.2) is 0 Å². The van der Waals surface area contributed by atoms with Crippen molar-refractivity contribution >= 4 is 23.4 Å². The summed E-state index contributed by atoms with van der Waals surface area (Å²) in [5.41, 5.74) is 0. The molecule has 0 bridgehead atoms. The maximum Gasteiger partial charge on any atom is 0.328 e. The molecule has 1 N–H and O–H groups in total. The molecule has 0 amide bonds. The summed E-state index contributed by atoms with van der Waals surface area (Å²) >= 11 is 1.60. The summed E-state index contributed by atoms with van der Waals surface area (Å²) in [7, 11) is 0. The molecule has 0 atom stereocenters. The molecule has 100 valence electrons. The molecule has 2 rings (SSSR count). The van der Waals surface area contributed by atoms with Crippen LogP contribution in [0.25, 0.3) is 6.08 Å². The van der Waals surface area contributed by atoms with E-state index in [-0.39, 0.29) is 0 Å². The second kappa shape index (κ2) is 6.33. The van der Waals surface area contributed by atoms with Gasteiger partial charge in [0.05, 0.1) is 6.54 Å². The zero-order valence-electron chi connectivity index (χ0n) is 10.7. The van der Waals surface area contributed by atoms with Gasteiger partial charge >= 0.3 is 5.97 Å². The van der Waals surface area contributed by atoms with Crippen LogP contribution in [0.15, 0.2) is 30.6 Å². The number of carboxylic acids is 1. The number of rotatable bonds is 6. The Morgan fingerprint density at radius 1 is 1.53 bits per heavy atom. The molecule has 4 nitrogen and oxygen atoms in total. The minimum Gasteiger partial charge on any atom is -0.478 e. The third kappa shape index (κ3) is 3.79. The molecule has 0 fully saturated rings. The highest BCUT2D eigenvalue weighted by molar-refractivity contribution is 7.12. The van der Waals surface area contributed by atoms with Crippen LogP contribution in [-0.4, -0.2) is 20.6 Å². The lowest BCUT2D eigenvalue weighted by Crippen LogP contribution is -2.02. The van der Waals surface area contributed by atoms with Gasteiger partial charge < -0.3 is 9.67 Å². The Morgan fingerprint density at radius 2 is 2.37 bits per heavy atom. The van der Waals surface area contributed by atoms with Gasteiger partial charge in [0.1, 0.15) is 5.82 Å². The average molecular weight is 276 g/mol. The number of aromatic nitrogens is 2. The Labute approximate surface area is 116 Å². The predicted octanol–water partition coefficient (Wildman–Crippen LogP) is 3.04. The second-order valence-corrected chi connectivity index (χ2v) is 5.40. The van der Waals surface area contributed by atoms with E-state index >= 15 is 0 Å². The SMILES string of the molecule is CCCc1nccn1Cc1ccc(C=CC(=O)O)s1. The van der Waals surface area contributed by atoms with Crippen LogP contribution in [0, 0.1) is 0 Å². The van der Waals surface area contributed by atoms with Gasteiger partial charge in [-0.05, 0) is 24.6 Å². The van der Waals surface area contributed by atoms with Crippen LogP contribution >= 0.6 is 11.3 Å². The first kappa shape index (κ1) is 13.5. The number of aliphatic carboxylic acids is 1. The number of hydrogen-bond acceptors (Lipinski definition) is 3. The highest BCUT2D eigenvalue weighted by Gasteiger charge is 2.04. The molecule has 0 aromatic carbocycles. The molecule has 2 heterocycles. The Balaban J connectivity index is 2.07. The number of carboxylic acid groups (broad SMARTS) is 1. The fourth-order valence-corrected chi connectivity index (χ4v) is 2.74. The number of hydrogen-bond donors (Lipinski definition) is 1. The Hall–Kier alpha value is -1.88. The largest absolute Gasteiger partial charge is 0.478 e. The molecule has 19 heavy (non-hydrogen) atoms. The van der Waals surface area contributed by atoms with Crippen molar-refractivity contribution in [3.8, 4) is 0 Å². The topological polar surface area (TPSA) is 55.1 Å². The molecule has 0 radical (unpaired) electrons. The number of carbonyl (C=O) groups is 1. The third-order valence-electron chi connectivity index (χ3n) is 2.67. The van der Waals surface area contributed by atoms with Crippen molar-refractivity contribution in [2.24, 2.45) is 0 Å². The van der Waals surface area contributed by atoms with E-state index in [1.165, 1.54) is 4.88 Å². The minimum atomic E-state index is -0.921. The molecule has 0 aliphatic rings. The van der Waals surface area contributed by atoms with Crippen LogP contribution in [-0.2, 0) is 17.8 Å². The van der Waals surface area contributed by atoms with Crippen molar-refractivity contribution < 1.29 is 9.90 Å². The van der Waals surface area contributed by atoms with Gasteiger partial charge in [-0.3, -0.25) is 0 Å². The summed E-state index contributed by atoms with van der Waals surface area (Å²) < 4.78 is 2.14. The molecule has 2 aromatic rings. The number of nitrogens with zero attached hydrogens (tertiary/aromatic N) is 2. The van der Waals surface area contributed by atoms with Gasteiger partial charge in [-0.25, -0.2) is 9.78 Å². The summed E-state index contributed by atoms with van der Waals surface area (Å²) in [6.07, 6.45) is 8.65. The van der Waals surface area contributed by atoms with Crippen LogP contribution in [0.4, 0.5) is 0 Å². The van der Waals surface area contributed by atoms with Gasteiger partial charge in [0.25, 0.3) is 0 Å². The quantitative estimate of drug-likeness (QED) is 0.825. The maximum absolute atomic E-state index is 10.5. The van der Waals surface area contributed by atoms with Crippen LogP contribution in [0.1, 0.15) is 28.9 Å². The van der Waals surface area contributed by atoms with E-state index in [1.54, 1.807) is 17.4 Å². The third-order valence-corrected chi connectivity index (χ3v) is 3.71. The van der Waals surface area contributed by atoms with E-state index in [2.05, 4.69) is 16.5 Å². The van der Waals surface area contributed by atoms with Crippen LogP contribution < -0.4 is 0 Å². The van der Waals surface area contributed by atoms with Crippen molar-refractivity contribution in [2.75, 3.05) is 0 Å². The Bertz CT molecular complexity index is 584. The van der Waals surface area contributed by atoms with Crippen molar-refractivity contribution in [2.45, 2.75) is 26.3 Å². The zero-order valence-corrected chi connectivity index (χ0v) is 11.6. The van der Waals surface area contributed by atoms with E-state index in [0.717, 1.165) is 36.2 Å². The molecular formula is C14H16N2O2S. The molecule has 0 spiro atoms. The second-order valence-electron chi connectivity index (χ2n) is 4.20. The molecule has 2 aromatic heterocycles. The fraction of sp³-hybridized carbons (Fsp3) is 0.286. The van der Waals surface area contributed by atoms with E-state index < -0.39 is 5.97 Å². The normalized spacial score (nSPS) is 11.2. The summed E-state index contributed by atoms with van der Waals surface area (Å²) in [6, 6.07) is 3.97. The molecule has 0 saturated heterocycles. The highest BCUT2D eigenvalue weighted by atomic mass is 32.1. The van der Waals surface area contributed by atoms with Crippen LogP contribution in [0.5, 0.6) is 0 Å². The van der Waals surface area contributed by atoms with Crippen LogP contribution in [0.3, 0.4) is 0 Å². The predicted molar refractivity (Wildman–Crippen MR) is 76.3 cm³/mol. The Morgan fingerprint density at radius 3 is 3.11 bits per heavy atom. The molecule has 0 saturated carbocycles. The zero-order chi connectivity index (χ0) is 13.7. The van der Waals surface area contributed by atoms with Gasteiger partial charge in [-0.2, -0.15) is 0 Å². The molecule has 5 heteroatoms. The van der Waals surface area contributed by atoms with Crippen molar-refractivity contribution in [3.05, 3.63) is 46.2 Å². The smallest absolute Gasteiger partial charge is 0.328 e. The average Bonchev–Trinajstić information content (AvgIpc) is 2.98. The van der Waals surface area contributed by atoms with Crippen molar-refractivity contribution in [3.63, 3.8) is 0 Å². The first-order valence-corrected chi connectivity index (χ1v) is 7.00. The summed E-state index contributed by atoms with van der Waals surface area (Å²) in [5, 5.41) is 8.59. The maximum atomic E-state index is 10.5. The first-order valence-electron chi connectivity index (χ1n) is 6.18. The number of thiophene rings is 1. The first-order chi connectivity index (χ1) is 9.19. The lowest BCUT2D eigenvalue weighted by molar-refractivity contribution is -0.131. The van der Waals surface area contributed by atoms with Crippen molar-refractivity contribution in [1.82, 2.24) is 9.55 Å². The Kier molecular flexibility index (Phi) is 4.52. The van der Waals surface area contributed by atoms with E-state index in [1.807, 2.05) is 24.5 Å². The van der Waals surface area contributed by atoms with Gasteiger partial charge in [-0.1, -0.05) is 6.92 Å². The van der Waals surface area contributed by atoms with E-state index in [9.17, 15) is 4.79 Å². The minimum absolute atomic E-state index is 0.793. The fourth-order valence-electron chi connectivity index (χ4n) is 1.83. The summed E-state index contributed by atoms with van der Waals surface area (Å²) in [6.45, 7) is 2.93. The standard InChI is InChI=1S/C14H16N2O2S/c1-2-3-13-15-8-9-16(13)10-12-5-4-11(19-12)6-7-14(17)18/h4-9H,2-3,10H2,1H3,(H,17,18).